The Morgan fingerprint density at radius 3 is 2.56 bits per heavy atom. The highest BCUT2D eigenvalue weighted by molar-refractivity contribution is 5.46. The van der Waals surface area contributed by atoms with E-state index in [-0.39, 0.29) is 6.67 Å². The number of rotatable bonds is 9. The number of nitrogen functional groups attached to an aromatic ring is 1. The maximum Gasteiger partial charge on any atom is 0.0894 e. The summed E-state index contributed by atoms with van der Waals surface area (Å²) < 4.78 is 12.0. The summed E-state index contributed by atoms with van der Waals surface area (Å²) >= 11 is 0. The molecule has 0 spiro atoms. The number of unbranched alkanes of at least 4 members (excludes halogenated alkanes) is 2. The molecule has 3 heteroatoms. The lowest BCUT2D eigenvalue weighted by molar-refractivity contribution is 0.258. The molecule has 102 valence electrons. The topological polar surface area (TPSA) is 29.3 Å². The predicted molar refractivity (Wildman–Crippen MR) is 76.2 cm³/mol. The fourth-order valence-electron chi connectivity index (χ4n) is 2.11. The van der Waals surface area contributed by atoms with Crippen LogP contribution in [0.2, 0.25) is 0 Å². The molecule has 2 nitrogen and oxygen atoms in total. The summed E-state index contributed by atoms with van der Waals surface area (Å²) in [6.45, 7) is 4.99. The van der Waals surface area contributed by atoms with Crippen LogP contribution in [0.3, 0.4) is 0 Å². The van der Waals surface area contributed by atoms with Gasteiger partial charge in [-0.15, -0.1) is 0 Å². The normalized spacial score (nSPS) is 11.1. The molecule has 0 aliphatic heterocycles. The van der Waals surface area contributed by atoms with Gasteiger partial charge in [0.1, 0.15) is 0 Å². The van der Waals surface area contributed by atoms with Crippen LogP contribution < -0.4 is 5.73 Å². The van der Waals surface area contributed by atoms with Crippen molar-refractivity contribution in [2.45, 2.75) is 39.2 Å². The van der Waals surface area contributed by atoms with Crippen LogP contribution in [0.15, 0.2) is 24.3 Å². The van der Waals surface area contributed by atoms with E-state index in [2.05, 4.69) is 17.9 Å². The zero-order valence-corrected chi connectivity index (χ0v) is 11.4. The van der Waals surface area contributed by atoms with Crippen molar-refractivity contribution in [3.63, 3.8) is 0 Å². The minimum Gasteiger partial charge on any atom is -0.398 e. The molecule has 0 saturated carbocycles. The van der Waals surface area contributed by atoms with E-state index >= 15 is 0 Å². The number of benzene rings is 1. The van der Waals surface area contributed by atoms with Crippen LogP contribution >= 0.6 is 0 Å². The summed E-state index contributed by atoms with van der Waals surface area (Å²) in [5, 5.41) is 0. The summed E-state index contributed by atoms with van der Waals surface area (Å²) in [7, 11) is 0. The Labute approximate surface area is 110 Å². The smallest absolute Gasteiger partial charge is 0.0894 e. The second kappa shape index (κ2) is 8.92. The fourth-order valence-corrected chi connectivity index (χ4v) is 2.11. The third kappa shape index (κ3) is 5.50. The molecule has 0 heterocycles. The number of hydrogen-bond donors (Lipinski definition) is 1. The van der Waals surface area contributed by atoms with Gasteiger partial charge >= 0.3 is 0 Å². The Kier molecular flexibility index (Phi) is 7.42. The number of alkyl halides is 1. The zero-order valence-electron chi connectivity index (χ0n) is 11.4. The molecule has 0 aromatic heterocycles. The van der Waals surface area contributed by atoms with Crippen molar-refractivity contribution in [3.05, 3.63) is 29.8 Å². The van der Waals surface area contributed by atoms with E-state index in [1.54, 1.807) is 0 Å². The lowest BCUT2D eigenvalue weighted by Gasteiger charge is -2.22. The number of para-hydroxylation sites is 1. The highest BCUT2D eigenvalue weighted by Gasteiger charge is 2.06. The lowest BCUT2D eigenvalue weighted by atomic mass is 10.1. The van der Waals surface area contributed by atoms with Crippen LogP contribution in [0.4, 0.5) is 10.1 Å². The molecule has 0 bridgehead atoms. The van der Waals surface area contributed by atoms with Crippen molar-refractivity contribution in [2.75, 3.05) is 25.5 Å². The van der Waals surface area contributed by atoms with Crippen LogP contribution in [-0.2, 0) is 6.54 Å². The van der Waals surface area contributed by atoms with Gasteiger partial charge < -0.3 is 5.73 Å². The van der Waals surface area contributed by atoms with Crippen LogP contribution in [0.5, 0.6) is 0 Å². The van der Waals surface area contributed by atoms with E-state index in [1.165, 1.54) is 5.56 Å². The molecule has 0 radical (unpaired) electrons. The van der Waals surface area contributed by atoms with Gasteiger partial charge in [-0.3, -0.25) is 9.29 Å². The number of anilines is 1. The Balaban J connectivity index is 2.44. The van der Waals surface area contributed by atoms with Crippen molar-refractivity contribution >= 4 is 5.69 Å². The van der Waals surface area contributed by atoms with Crippen molar-refractivity contribution in [1.82, 2.24) is 4.90 Å². The first-order chi connectivity index (χ1) is 8.77. The Bertz CT molecular complexity index is 328. The Morgan fingerprint density at radius 1 is 1.11 bits per heavy atom. The highest BCUT2D eigenvalue weighted by atomic mass is 19.1. The molecule has 18 heavy (non-hydrogen) atoms. The molecule has 0 aliphatic rings. The van der Waals surface area contributed by atoms with Crippen molar-refractivity contribution in [2.24, 2.45) is 0 Å². The van der Waals surface area contributed by atoms with Gasteiger partial charge in [-0.25, -0.2) is 0 Å². The monoisotopic (exact) mass is 252 g/mol. The second-order valence-electron chi connectivity index (χ2n) is 4.72. The fraction of sp³-hybridized carbons (Fsp3) is 0.600. The molecule has 0 amide bonds. The summed E-state index contributed by atoms with van der Waals surface area (Å²) in [5.74, 6) is 0. The third-order valence-corrected chi connectivity index (χ3v) is 3.10. The molecule has 2 N–H and O–H groups in total. The van der Waals surface area contributed by atoms with Crippen molar-refractivity contribution < 1.29 is 4.39 Å². The van der Waals surface area contributed by atoms with Crippen LogP contribution in [-0.4, -0.2) is 24.7 Å². The van der Waals surface area contributed by atoms with Gasteiger partial charge in [-0.05, 0) is 50.4 Å². The molecule has 0 saturated heterocycles. The van der Waals surface area contributed by atoms with E-state index in [0.29, 0.717) is 6.42 Å². The molecular formula is C15H25FN2. The van der Waals surface area contributed by atoms with E-state index in [4.69, 9.17) is 5.73 Å². The Morgan fingerprint density at radius 2 is 1.89 bits per heavy atom. The SMILES string of the molecule is CCCN(CCCCCF)Cc1ccccc1N. The van der Waals surface area contributed by atoms with Gasteiger partial charge in [0.05, 0.1) is 6.67 Å². The first-order valence-electron chi connectivity index (χ1n) is 6.89. The molecule has 1 aromatic rings. The zero-order chi connectivity index (χ0) is 13.2. The quantitative estimate of drug-likeness (QED) is 0.537. The van der Waals surface area contributed by atoms with Crippen molar-refractivity contribution in [1.29, 1.82) is 0 Å². The van der Waals surface area contributed by atoms with Gasteiger partial charge in [-0.1, -0.05) is 25.1 Å². The second-order valence-corrected chi connectivity index (χ2v) is 4.72. The predicted octanol–water partition coefficient (Wildman–Crippen LogP) is 3.62. The van der Waals surface area contributed by atoms with Gasteiger partial charge in [0, 0.05) is 12.2 Å². The van der Waals surface area contributed by atoms with Gasteiger partial charge in [0.25, 0.3) is 0 Å². The molecule has 0 atom stereocenters. The minimum absolute atomic E-state index is 0.195. The van der Waals surface area contributed by atoms with Crippen molar-refractivity contribution in [3.8, 4) is 0 Å². The maximum atomic E-state index is 12.0. The van der Waals surface area contributed by atoms with Gasteiger partial charge in [-0.2, -0.15) is 0 Å². The van der Waals surface area contributed by atoms with E-state index in [0.717, 1.165) is 44.6 Å². The van der Waals surface area contributed by atoms with E-state index in [1.807, 2.05) is 18.2 Å². The highest BCUT2D eigenvalue weighted by Crippen LogP contribution is 2.14. The molecule has 1 aromatic carbocycles. The summed E-state index contributed by atoms with van der Waals surface area (Å²) in [6, 6.07) is 8.02. The summed E-state index contributed by atoms with van der Waals surface area (Å²) in [5.41, 5.74) is 8.02. The first-order valence-corrected chi connectivity index (χ1v) is 6.89. The lowest BCUT2D eigenvalue weighted by Crippen LogP contribution is -2.25. The Hall–Kier alpha value is -1.09. The van der Waals surface area contributed by atoms with Crippen LogP contribution in [0.25, 0.3) is 0 Å². The number of hydrogen-bond acceptors (Lipinski definition) is 2. The first kappa shape index (κ1) is 15.0. The summed E-state index contributed by atoms with van der Waals surface area (Å²) in [4.78, 5) is 2.41. The average Bonchev–Trinajstić information content (AvgIpc) is 2.37. The third-order valence-electron chi connectivity index (χ3n) is 3.10. The van der Waals surface area contributed by atoms with Gasteiger partial charge in [0.2, 0.25) is 0 Å². The average molecular weight is 252 g/mol. The van der Waals surface area contributed by atoms with Crippen LogP contribution in [0, 0.1) is 0 Å². The molecule has 1 rings (SSSR count). The summed E-state index contributed by atoms with van der Waals surface area (Å²) in [6.07, 6.45) is 3.86. The number of halogens is 1. The number of nitrogens with zero attached hydrogens (tertiary/aromatic N) is 1. The van der Waals surface area contributed by atoms with E-state index < -0.39 is 0 Å². The molecule has 0 aliphatic carbocycles. The standard InChI is InChI=1S/C15H25FN2/c1-2-11-18(12-7-3-6-10-16)13-14-8-4-5-9-15(14)17/h4-5,8-9H,2-3,6-7,10-13,17H2,1H3. The van der Waals surface area contributed by atoms with Crippen LogP contribution in [0.1, 0.15) is 38.2 Å². The molecule has 0 unspecified atom stereocenters. The largest absolute Gasteiger partial charge is 0.398 e. The van der Waals surface area contributed by atoms with E-state index in [9.17, 15) is 4.39 Å². The number of nitrogens with two attached hydrogens (primary N) is 1. The van der Waals surface area contributed by atoms with Gasteiger partial charge in [0.15, 0.2) is 0 Å². The minimum atomic E-state index is -0.195. The maximum absolute atomic E-state index is 12.0. The molecular weight excluding hydrogens is 227 g/mol. The molecule has 0 fully saturated rings.